The maximum absolute atomic E-state index is 11.9. The zero-order valence-corrected chi connectivity index (χ0v) is 12.7. The summed E-state index contributed by atoms with van der Waals surface area (Å²) in [4.78, 5) is 18.5. The minimum absolute atomic E-state index is 0.0677. The van der Waals surface area contributed by atoms with Crippen LogP contribution in [0.3, 0.4) is 0 Å². The lowest BCUT2D eigenvalue weighted by molar-refractivity contribution is -0.123. The number of hydrogen-bond acceptors (Lipinski definition) is 6. The molecule has 0 bridgehead atoms. The number of carbonyl (C=O) groups excluding carboxylic acids is 1. The number of rotatable bonds is 6. The molecule has 2 aliphatic heterocycles. The molecule has 1 aliphatic carbocycles. The van der Waals surface area contributed by atoms with Gasteiger partial charge in [-0.3, -0.25) is 9.69 Å². The Morgan fingerprint density at radius 3 is 2.86 bits per heavy atom. The molecular formula is C15H22N4O3. The number of carbonyl (C=O) groups is 1. The normalized spacial score (nSPS) is 26.1. The Morgan fingerprint density at radius 1 is 1.27 bits per heavy atom. The van der Waals surface area contributed by atoms with E-state index < -0.39 is 0 Å². The van der Waals surface area contributed by atoms with Gasteiger partial charge in [-0.25, -0.2) is 0 Å². The molecule has 4 rings (SSSR count). The topological polar surface area (TPSA) is 80.5 Å². The molecule has 0 aromatic carbocycles. The Bertz CT molecular complexity index is 531. The third kappa shape index (κ3) is 3.15. The van der Waals surface area contributed by atoms with Gasteiger partial charge in [0.15, 0.2) is 5.82 Å². The first-order valence-corrected chi connectivity index (χ1v) is 8.22. The molecule has 1 aromatic heterocycles. The molecule has 120 valence electrons. The van der Waals surface area contributed by atoms with E-state index in [-0.39, 0.29) is 17.9 Å². The minimum atomic E-state index is 0.0677. The van der Waals surface area contributed by atoms with Gasteiger partial charge < -0.3 is 14.6 Å². The first-order chi connectivity index (χ1) is 10.8. The molecule has 1 N–H and O–H groups in total. The van der Waals surface area contributed by atoms with E-state index in [1.165, 1.54) is 12.8 Å². The van der Waals surface area contributed by atoms with Gasteiger partial charge >= 0.3 is 0 Å². The zero-order chi connectivity index (χ0) is 14.9. The van der Waals surface area contributed by atoms with Crippen LogP contribution in [0, 0.1) is 0 Å². The summed E-state index contributed by atoms with van der Waals surface area (Å²) in [5.41, 5.74) is 0. The van der Waals surface area contributed by atoms with Crippen molar-refractivity contribution in [3.8, 4) is 0 Å². The Kier molecular flexibility index (Phi) is 3.83. The monoisotopic (exact) mass is 306 g/mol. The van der Waals surface area contributed by atoms with Gasteiger partial charge in [-0.2, -0.15) is 4.98 Å². The van der Waals surface area contributed by atoms with E-state index in [4.69, 9.17) is 9.26 Å². The van der Waals surface area contributed by atoms with Gasteiger partial charge in [0.05, 0.1) is 18.6 Å². The third-order valence-corrected chi connectivity index (χ3v) is 4.62. The van der Waals surface area contributed by atoms with E-state index in [9.17, 15) is 4.79 Å². The van der Waals surface area contributed by atoms with E-state index >= 15 is 0 Å². The molecule has 0 spiro atoms. The zero-order valence-electron chi connectivity index (χ0n) is 12.7. The van der Waals surface area contributed by atoms with Crippen LogP contribution < -0.4 is 5.32 Å². The van der Waals surface area contributed by atoms with Crippen LogP contribution in [0.15, 0.2) is 4.52 Å². The minimum Gasteiger partial charge on any atom is -0.376 e. The average Bonchev–Trinajstić information content (AvgIpc) is 3.01. The predicted molar refractivity (Wildman–Crippen MR) is 77.4 cm³/mol. The molecule has 1 amide bonds. The fourth-order valence-corrected chi connectivity index (χ4v) is 3.07. The third-order valence-electron chi connectivity index (χ3n) is 4.62. The number of nitrogens with zero attached hydrogens (tertiary/aromatic N) is 3. The summed E-state index contributed by atoms with van der Waals surface area (Å²) >= 11 is 0. The summed E-state index contributed by atoms with van der Waals surface area (Å²) in [6, 6.07) is 0. The smallest absolute Gasteiger partial charge is 0.234 e. The van der Waals surface area contributed by atoms with Crippen molar-refractivity contribution >= 4 is 5.91 Å². The molecule has 1 atom stereocenters. The van der Waals surface area contributed by atoms with Crippen LogP contribution >= 0.6 is 0 Å². The fraction of sp³-hybridized carbons (Fsp3) is 0.800. The summed E-state index contributed by atoms with van der Waals surface area (Å²) < 4.78 is 10.8. The summed E-state index contributed by atoms with van der Waals surface area (Å²) in [7, 11) is 0. The lowest BCUT2D eigenvalue weighted by Crippen LogP contribution is -2.50. The van der Waals surface area contributed by atoms with Gasteiger partial charge in [0.1, 0.15) is 0 Å². The number of amides is 1. The van der Waals surface area contributed by atoms with Gasteiger partial charge in [-0.1, -0.05) is 5.16 Å². The van der Waals surface area contributed by atoms with Gasteiger partial charge in [0.2, 0.25) is 11.8 Å². The Balaban J connectivity index is 1.17. The van der Waals surface area contributed by atoms with Crippen molar-refractivity contribution in [2.75, 3.05) is 32.8 Å². The molecular weight excluding hydrogens is 284 g/mol. The van der Waals surface area contributed by atoms with E-state index in [1.807, 2.05) is 0 Å². The molecule has 3 heterocycles. The standard InChI is InChI=1S/C15H22N4O3/c20-13(16-6-12-2-1-5-21-12)9-19-7-11(8-19)15-17-14(18-22-15)10-3-4-10/h10-12H,1-9H2,(H,16,20)/t12-/m1/s1. The Morgan fingerprint density at radius 2 is 2.14 bits per heavy atom. The molecule has 0 unspecified atom stereocenters. The second-order valence-electron chi connectivity index (χ2n) is 6.60. The maximum atomic E-state index is 11.9. The Hall–Kier alpha value is -1.47. The highest BCUT2D eigenvalue weighted by Gasteiger charge is 2.35. The first-order valence-electron chi connectivity index (χ1n) is 8.22. The van der Waals surface area contributed by atoms with Gasteiger partial charge in [0, 0.05) is 32.2 Å². The van der Waals surface area contributed by atoms with Crippen molar-refractivity contribution in [3.63, 3.8) is 0 Å². The van der Waals surface area contributed by atoms with Crippen LogP contribution in [0.25, 0.3) is 0 Å². The second kappa shape index (κ2) is 5.96. The molecule has 7 heteroatoms. The largest absolute Gasteiger partial charge is 0.376 e. The van der Waals surface area contributed by atoms with Gasteiger partial charge in [-0.05, 0) is 25.7 Å². The highest BCUT2D eigenvalue weighted by Crippen LogP contribution is 2.39. The lowest BCUT2D eigenvalue weighted by Gasteiger charge is -2.36. The van der Waals surface area contributed by atoms with Crippen molar-refractivity contribution in [2.45, 2.75) is 43.6 Å². The molecule has 3 fully saturated rings. The quantitative estimate of drug-likeness (QED) is 0.831. The van der Waals surface area contributed by atoms with Crippen molar-refractivity contribution in [1.29, 1.82) is 0 Å². The van der Waals surface area contributed by atoms with Crippen LogP contribution in [-0.4, -0.2) is 59.8 Å². The van der Waals surface area contributed by atoms with Crippen molar-refractivity contribution < 1.29 is 14.1 Å². The first kappa shape index (κ1) is 14.1. The van der Waals surface area contributed by atoms with Crippen molar-refractivity contribution in [2.24, 2.45) is 0 Å². The summed E-state index contributed by atoms with van der Waals surface area (Å²) in [5, 5.41) is 6.99. The van der Waals surface area contributed by atoms with Crippen LogP contribution in [0.1, 0.15) is 49.2 Å². The van der Waals surface area contributed by atoms with Crippen LogP contribution in [0.4, 0.5) is 0 Å². The van der Waals surface area contributed by atoms with E-state index in [0.717, 1.165) is 44.3 Å². The fourth-order valence-electron chi connectivity index (χ4n) is 3.07. The van der Waals surface area contributed by atoms with Crippen LogP contribution in [0.5, 0.6) is 0 Å². The molecule has 3 aliphatic rings. The summed E-state index contributed by atoms with van der Waals surface area (Å²) in [6.07, 6.45) is 4.71. The number of ether oxygens (including phenoxy) is 1. The summed E-state index contributed by atoms with van der Waals surface area (Å²) in [6.45, 7) is 3.53. The predicted octanol–water partition coefficient (Wildman–Crippen LogP) is 0.641. The highest BCUT2D eigenvalue weighted by atomic mass is 16.5. The molecule has 2 saturated heterocycles. The SMILES string of the molecule is O=C(CN1CC(c2nc(C3CC3)no2)C1)NC[C@H]1CCCO1. The lowest BCUT2D eigenvalue weighted by atomic mass is 10.0. The maximum Gasteiger partial charge on any atom is 0.234 e. The number of nitrogens with one attached hydrogen (secondary N) is 1. The molecule has 1 saturated carbocycles. The van der Waals surface area contributed by atoms with Crippen LogP contribution in [-0.2, 0) is 9.53 Å². The Labute approximate surface area is 129 Å². The van der Waals surface area contributed by atoms with Crippen molar-refractivity contribution in [1.82, 2.24) is 20.4 Å². The molecule has 7 nitrogen and oxygen atoms in total. The van der Waals surface area contributed by atoms with E-state index in [1.54, 1.807) is 0 Å². The number of likely N-dealkylation sites (tertiary alicyclic amines) is 1. The number of aromatic nitrogens is 2. The van der Waals surface area contributed by atoms with E-state index in [2.05, 4.69) is 20.4 Å². The van der Waals surface area contributed by atoms with Gasteiger partial charge in [-0.15, -0.1) is 0 Å². The summed E-state index contributed by atoms with van der Waals surface area (Å²) in [5.74, 6) is 2.47. The van der Waals surface area contributed by atoms with Crippen LogP contribution in [0.2, 0.25) is 0 Å². The number of hydrogen-bond donors (Lipinski definition) is 1. The molecule has 0 radical (unpaired) electrons. The second-order valence-corrected chi connectivity index (χ2v) is 6.60. The van der Waals surface area contributed by atoms with Gasteiger partial charge in [0.25, 0.3) is 0 Å². The molecule has 1 aromatic rings. The molecule has 22 heavy (non-hydrogen) atoms. The average molecular weight is 306 g/mol. The highest BCUT2D eigenvalue weighted by molar-refractivity contribution is 5.78. The van der Waals surface area contributed by atoms with Crippen molar-refractivity contribution in [3.05, 3.63) is 11.7 Å². The van der Waals surface area contributed by atoms with E-state index in [0.29, 0.717) is 19.0 Å².